The van der Waals surface area contributed by atoms with Crippen molar-refractivity contribution in [2.75, 3.05) is 13.7 Å². The number of urea groups is 1. The Balaban J connectivity index is 3.64. The Morgan fingerprint density at radius 1 is 1.38 bits per heavy atom. The average Bonchev–Trinajstić information content (AvgIpc) is 2.10. The van der Waals surface area contributed by atoms with Crippen molar-refractivity contribution in [3.05, 3.63) is 11.8 Å². The van der Waals surface area contributed by atoms with E-state index in [4.69, 9.17) is 0 Å². The van der Waals surface area contributed by atoms with Crippen molar-refractivity contribution in [3.63, 3.8) is 0 Å². The molecule has 0 aliphatic heterocycles. The molecule has 0 spiro atoms. The van der Waals surface area contributed by atoms with Gasteiger partial charge in [-0.1, -0.05) is 5.57 Å². The lowest BCUT2D eigenvalue weighted by atomic mass is 10.4. The molecule has 5 nitrogen and oxygen atoms in total. The minimum atomic E-state index is -0.479. The molecule has 13 heavy (non-hydrogen) atoms. The summed E-state index contributed by atoms with van der Waals surface area (Å²) in [7, 11) is 1.26. The van der Waals surface area contributed by atoms with Gasteiger partial charge in [0, 0.05) is 6.20 Å². The predicted molar refractivity (Wildman–Crippen MR) is 48.0 cm³/mol. The molecule has 0 aromatic carbocycles. The van der Waals surface area contributed by atoms with Gasteiger partial charge in [0.2, 0.25) is 0 Å². The number of esters is 1. The van der Waals surface area contributed by atoms with Gasteiger partial charge in [0.05, 0.1) is 7.11 Å². The number of hydrogen-bond donors (Lipinski definition) is 2. The first kappa shape index (κ1) is 11.5. The zero-order valence-corrected chi connectivity index (χ0v) is 8.01. The Hall–Kier alpha value is -1.52. The minimum Gasteiger partial charge on any atom is -0.468 e. The van der Waals surface area contributed by atoms with E-state index in [2.05, 4.69) is 15.4 Å². The maximum absolute atomic E-state index is 10.9. The molecule has 0 saturated heterocycles. The molecule has 0 rings (SSSR count). The summed E-state index contributed by atoms with van der Waals surface area (Å²) in [6.45, 7) is 3.57. The number of carbonyl (C=O) groups is 2. The molecular weight excluding hydrogens is 172 g/mol. The van der Waals surface area contributed by atoms with Crippen LogP contribution in [0.25, 0.3) is 0 Å². The van der Waals surface area contributed by atoms with Crippen molar-refractivity contribution >= 4 is 12.0 Å². The third kappa shape index (κ3) is 6.86. The van der Waals surface area contributed by atoms with Crippen molar-refractivity contribution in [3.8, 4) is 0 Å². The summed E-state index contributed by atoms with van der Waals surface area (Å²) in [5.41, 5.74) is 0.966. The van der Waals surface area contributed by atoms with Crippen LogP contribution in [-0.2, 0) is 9.53 Å². The van der Waals surface area contributed by atoms with Gasteiger partial charge < -0.3 is 15.4 Å². The molecule has 0 bridgehead atoms. The zero-order valence-electron chi connectivity index (χ0n) is 8.01. The Morgan fingerprint density at radius 2 is 2.00 bits per heavy atom. The molecule has 2 amide bonds. The van der Waals surface area contributed by atoms with Gasteiger partial charge in [0.15, 0.2) is 0 Å². The van der Waals surface area contributed by atoms with Gasteiger partial charge in [0.25, 0.3) is 0 Å². The van der Waals surface area contributed by atoms with Crippen molar-refractivity contribution < 1.29 is 14.3 Å². The summed E-state index contributed by atoms with van der Waals surface area (Å²) in [5.74, 6) is -0.479. The molecule has 0 fully saturated rings. The number of rotatable bonds is 3. The summed E-state index contributed by atoms with van der Waals surface area (Å²) >= 11 is 0. The normalized spacial score (nSPS) is 8.54. The molecule has 0 aliphatic rings. The highest BCUT2D eigenvalue weighted by molar-refractivity contribution is 5.81. The van der Waals surface area contributed by atoms with Crippen LogP contribution in [0.15, 0.2) is 11.8 Å². The molecule has 0 heterocycles. The second-order valence-corrected chi connectivity index (χ2v) is 2.62. The van der Waals surface area contributed by atoms with Gasteiger partial charge >= 0.3 is 12.0 Å². The Morgan fingerprint density at radius 3 is 2.46 bits per heavy atom. The molecule has 5 heteroatoms. The first-order chi connectivity index (χ1) is 6.06. The molecule has 2 N–H and O–H groups in total. The van der Waals surface area contributed by atoms with Gasteiger partial charge in [-0.15, -0.1) is 0 Å². The second kappa shape index (κ2) is 6.05. The second-order valence-electron chi connectivity index (χ2n) is 2.62. The van der Waals surface area contributed by atoms with E-state index in [1.807, 2.05) is 13.8 Å². The van der Waals surface area contributed by atoms with E-state index >= 15 is 0 Å². The molecule has 0 radical (unpaired) electrons. The van der Waals surface area contributed by atoms with Crippen LogP contribution < -0.4 is 10.6 Å². The highest BCUT2D eigenvalue weighted by atomic mass is 16.5. The summed E-state index contributed by atoms with van der Waals surface area (Å²) in [5, 5.41) is 4.76. The van der Waals surface area contributed by atoms with Crippen molar-refractivity contribution in [1.29, 1.82) is 0 Å². The maximum atomic E-state index is 10.9. The van der Waals surface area contributed by atoms with Gasteiger partial charge in [-0.05, 0) is 13.8 Å². The smallest absolute Gasteiger partial charge is 0.325 e. The fraction of sp³-hybridized carbons (Fsp3) is 0.500. The van der Waals surface area contributed by atoms with Crippen LogP contribution in [0.3, 0.4) is 0 Å². The Labute approximate surface area is 77.1 Å². The standard InChI is InChI=1S/C8H14N2O3/c1-6(2)4-9-8(12)10-5-7(11)13-3/h4H,5H2,1-3H3,(H2,9,10,12). The maximum Gasteiger partial charge on any atom is 0.325 e. The summed E-state index contributed by atoms with van der Waals surface area (Å²) in [4.78, 5) is 21.5. The van der Waals surface area contributed by atoms with Crippen LogP contribution in [-0.4, -0.2) is 25.7 Å². The fourth-order valence-electron chi connectivity index (χ4n) is 0.486. The van der Waals surface area contributed by atoms with E-state index in [0.29, 0.717) is 0 Å². The highest BCUT2D eigenvalue weighted by Crippen LogP contribution is 1.83. The van der Waals surface area contributed by atoms with E-state index in [1.54, 1.807) is 6.20 Å². The third-order valence-electron chi connectivity index (χ3n) is 1.11. The predicted octanol–water partition coefficient (Wildman–Crippen LogP) is 0.382. The number of ether oxygens (including phenoxy) is 1. The molecule has 0 aliphatic carbocycles. The molecule has 0 aromatic heterocycles. The number of carbonyl (C=O) groups excluding carboxylic acids is 2. The van der Waals surface area contributed by atoms with Crippen LogP contribution in [0.2, 0.25) is 0 Å². The number of methoxy groups -OCH3 is 1. The number of amides is 2. The summed E-state index contributed by atoms with van der Waals surface area (Å²) in [6, 6.07) is -0.424. The lowest BCUT2D eigenvalue weighted by Crippen LogP contribution is -2.36. The topological polar surface area (TPSA) is 67.4 Å². The summed E-state index contributed by atoms with van der Waals surface area (Å²) in [6.07, 6.45) is 1.55. The average molecular weight is 186 g/mol. The Bertz CT molecular complexity index is 219. The lowest BCUT2D eigenvalue weighted by molar-refractivity contribution is -0.139. The van der Waals surface area contributed by atoms with Crippen LogP contribution in [0, 0.1) is 0 Å². The molecular formula is C8H14N2O3. The van der Waals surface area contributed by atoms with Crippen LogP contribution in [0.1, 0.15) is 13.8 Å². The Kier molecular flexibility index (Phi) is 5.34. The molecule has 0 unspecified atom stereocenters. The number of nitrogens with one attached hydrogen (secondary N) is 2. The van der Waals surface area contributed by atoms with E-state index in [1.165, 1.54) is 7.11 Å². The van der Waals surface area contributed by atoms with Crippen molar-refractivity contribution in [2.45, 2.75) is 13.8 Å². The van der Waals surface area contributed by atoms with Gasteiger partial charge in [0.1, 0.15) is 6.54 Å². The monoisotopic (exact) mass is 186 g/mol. The largest absolute Gasteiger partial charge is 0.468 e. The fourth-order valence-corrected chi connectivity index (χ4v) is 0.486. The lowest BCUT2D eigenvalue weighted by Gasteiger charge is -2.02. The zero-order chi connectivity index (χ0) is 10.3. The number of hydrogen-bond acceptors (Lipinski definition) is 3. The first-order valence-corrected chi connectivity index (χ1v) is 3.81. The first-order valence-electron chi connectivity index (χ1n) is 3.81. The summed E-state index contributed by atoms with van der Waals surface area (Å²) < 4.78 is 4.33. The molecule has 0 atom stereocenters. The van der Waals surface area contributed by atoms with Crippen LogP contribution in [0.5, 0.6) is 0 Å². The van der Waals surface area contributed by atoms with E-state index < -0.39 is 12.0 Å². The van der Waals surface area contributed by atoms with Crippen molar-refractivity contribution in [2.24, 2.45) is 0 Å². The minimum absolute atomic E-state index is 0.126. The van der Waals surface area contributed by atoms with Gasteiger partial charge in [-0.25, -0.2) is 4.79 Å². The van der Waals surface area contributed by atoms with Crippen LogP contribution in [0.4, 0.5) is 4.79 Å². The number of allylic oxidation sites excluding steroid dienone is 1. The highest BCUT2D eigenvalue weighted by Gasteiger charge is 2.02. The van der Waals surface area contributed by atoms with E-state index in [-0.39, 0.29) is 6.54 Å². The van der Waals surface area contributed by atoms with Gasteiger partial charge in [-0.3, -0.25) is 4.79 Å². The van der Waals surface area contributed by atoms with Crippen molar-refractivity contribution in [1.82, 2.24) is 10.6 Å². The van der Waals surface area contributed by atoms with E-state index in [9.17, 15) is 9.59 Å². The SMILES string of the molecule is COC(=O)CNC(=O)NC=C(C)C. The van der Waals surface area contributed by atoms with Gasteiger partial charge in [-0.2, -0.15) is 0 Å². The van der Waals surface area contributed by atoms with Crippen LogP contribution >= 0.6 is 0 Å². The van der Waals surface area contributed by atoms with E-state index in [0.717, 1.165) is 5.57 Å². The molecule has 74 valence electrons. The molecule has 0 saturated carbocycles. The third-order valence-corrected chi connectivity index (χ3v) is 1.11. The molecule has 0 aromatic rings. The quantitative estimate of drug-likeness (QED) is 0.626.